The number of hydrogen-bond donors (Lipinski definition) is 2. The smallest absolute Gasteiger partial charge is 0.335 e. The number of carboxylic acids is 1. The lowest BCUT2D eigenvalue weighted by Gasteiger charge is -2.08. The van der Waals surface area contributed by atoms with E-state index in [-0.39, 0.29) is 17.2 Å². The molecule has 0 aliphatic heterocycles. The molecule has 4 rings (SSSR count). The van der Waals surface area contributed by atoms with E-state index in [1.807, 2.05) is 42.5 Å². The Morgan fingerprint density at radius 2 is 1.76 bits per heavy atom. The lowest BCUT2D eigenvalue weighted by Crippen LogP contribution is -2.14. The lowest BCUT2D eigenvalue weighted by atomic mass is 10.1. The highest BCUT2D eigenvalue weighted by atomic mass is 32.2. The average Bonchev–Trinajstić information content (AvgIpc) is 3.20. The maximum atomic E-state index is 12.3. The summed E-state index contributed by atoms with van der Waals surface area (Å²) in [5, 5.41) is 26.1. The number of carbonyl (C=O) groups excluding carboxylic acids is 1. The molecule has 9 heteroatoms. The van der Waals surface area contributed by atoms with Crippen LogP contribution in [0.5, 0.6) is 0 Å². The number of carbonyl (C=O) groups is 2. The van der Waals surface area contributed by atoms with Crippen molar-refractivity contribution < 1.29 is 14.7 Å². The van der Waals surface area contributed by atoms with Gasteiger partial charge in [-0.3, -0.25) is 4.79 Å². The Labute approximate surface area is 169 Å². The molecule has 0 bridgehead atoms. The van der Waals surface area contributed by atoms with Gasteiger partial charge in [-0.2, -0.15) is 4.68 Å². The highest BCUT2D eigenvalue weighted by Gasteiger charge is 2.14. The van der Waals surface area contributed by atoms with E-state index >= 15 is 0 Å². The first-order valence-electron chi connectivity index (χ1n) is 8.64. The number of aromatic carboxylic acids is 1. The lowest BCUT2D eigenvalue weighted by molar-refractivity contribution is -0.113. The zero-order chi connectivity index (χ0) is 20.2. The summed E-state index contributed by atoms with van der Waals surface area (Å²) in [7, 11) is 0. The van der Waals surface area contributed by atoms with Gasteiger partial charge in [0.2, 0.25) is 11.1 Å². The second-order valence-corrected chi connectivity index (χ2v) is 7.03. The number of nitrogens with zero attached hydrogens (tertiary/aromatic N) is 4. The summed E-state index contributed by atoms with van der Waals surface area (Å²) in [4.78, 5) is 23.1. The molecule has 0 fully saturated rings. The molecule has 0 saturated heterocycles. The Kier molecular flexibility index (Phi) is 5.21. The van der Waals surface area contributed by atoms with Crippen LogP contribution in [0, 0.1) is 0 Å². The highest BCUT2D eigenvalue weighted by molar-refractivity contribution is 7.99. The third-order valence-electron chi connectivity index (χ3n) is 4.18. The van der Waals surface area contributed by atoms with Gasteiger partial charge in [-0.25, -0.2) is 4.79 Å². The van der Waals surface area contributed by atoms with E-state index in [2.05, 4.69) is 20.8 Å². The summed E-state index contributed by atoms with van der Waals surface area (Å²) in [6.45, 7) is 0. The van der Waals surface area contributed by atoms with E-state index in [9.17, 15) is 9.59 Å². The quantitative estimate of drug-likeness (QED) is 0.474. The second kappa shape index (κ2) is 8.11. The third-order valence-corrected chi connectivity index (χ3v) is 5.10. The molecule has 0 atom stereocenters. The van der Waals surface area contributed by atoms with E-state index in [0.29, 0.717) is 10.8 Å². The van der Waals surface area contributed by atoms with Gasteiger partial charge in [0.1, 0.15) is 0 Å². The van der Waals surface area contributed by atoms with Gasteiger partial charge in [-0.1, -0.05) is 48.2 Å². The fraction of sp³-hybridized carbons (Fsp3) is 0.0500. The van der Waals surface area contributed by atoms with E-state index in [0.717, 1.165) is 16.5 Å². The molecule has 0 radical (unpaired) electrons. The molecule has 3 aromatic carbocycles. The zero-order valence-corrected chi connectivity index (χ0v) is 15.8. The number of hydrogen-bond acceptors (Lipinski definition) is 6. The first-order chi connectivity index (χ1) is 14.1. The number of thioether (sulfide) groups is 1. The molecule has 2 N–H and O–H groups in total. The van der Waals surface area contributed by atoms with Crippen LogP contribution in [0.15, 0.2) is 71.9 Å². The Hall–Kier alpha value is -3.72. The number of benzene rings is 3. The van der Waals surface area contributed by atoms with Crippen LogP contribution < -0.4 is 5.32 Å². The van der Waals surface area contributed by atoms with Crippen molar-refractivity contribution >= 4 is 40.1 Å². The maximum absolute atomic E-state index is 12.3. The van der Waals surface area contributed by atoms with Gasteiger partial charge in [0.15, 0.2) is 0 Å². The van der Waals surface area contributed by atoms with E-state index in [1.54, 1.807) is 16.8 Å². The molecule has 0 aliphatic rings. The van der Waals surface area contributed by atoms with Crippen molar-refractivity contribution in [3.63, 3.8) is 0 Å². The standard InChI is InChI=1S/C20H15N5O3S/c26-18(21-15-10-8-14(9-11-15)19(27)28)12-29-20-22-23-24-25(20)17-7-3-5-13-4-1-2-6-16(13)17/h1-11H,12H2,(H,21,26)(H,27,28). The van der Waals surface area contributed by atoms with Crippen LogP contribution in [0.4, 0.5) is 5.69 Å². The first-order valence-corrected chi connectivity index (χ1v) is 9.63. The van der Waals surface area contributed by atoms with Crippen molar-refractivity contribution in [3.8, 4) is 5.69 Å². The van der Waals surface area contributed by atoms with E-state index in [4.69, 9.17) is 5.11 Å². The minimum atomic E-state index is -1.02. The van der Waals surface area contributed by atoms with Crippen LogP contribution >= 0.6 is 11.8 Å². The van der Waals surface area contributed by atoms with Gasteiger partial charge in [0.05, 0.1) is 17.0 Å². The number of rotatable bonds is 6. The summed E-state index contributed by atoms with van der Waals surface area (Å²) < 4.78 is 1.61. The number of fused-ring (bicyclic) bond motifs is 1. The molecular formula is C20H15N5O3S. The van der Waals surface area contributed by atoms with Crippen LogP contribution in [0.2, 0.25) is 0 Å². The van der Waals surface area contributed by atoms with Crippen LogP contribution in [0.3, 0.4) is 0 Å². The van der Waals surface area contributed by atoms with Crippen molar-refractivity contribution in [1.29, 1.82) is 0 Å². The molecule has 144 valence electrons. The maximum Gasteiger partial charge on any atom is 0.335 e. The average molecular weight is 405 g/mol. The largest absolute Gasteiger partial charge is 0.478 e. The van der Waals surface area contributed by atoms with Crippen LogP contribution in [-0.2, 0) is 4.79 Å². The van der Waals surface area contributed by atoms with Crippen LogP contribution in [0.25, 0.3) is 16.5 Å². The van der Waals surface area contributed by atoms with Crippen molar-refractivity contribution in [3.05, 3.63) is 72.3 Å². The van der Waals surface area contributed by atoms with Crippen molar-refractivity contribution in [1.82, 2.24) is 20.2 Å². The Bertz CT molecular complexity index is 1180. The normalized spacial score (nSPS) is 10.8. The zero-order valence-electron chi connectivity index (χ0n) is 15.0. The second-order valence-electron chi connectivity index (χ2n) is 6.09. The molecule has 4 aromatic rings. The van der Waals surface area contributed by atoms with Gasteiger partial charge >= 0.3 is 5.97 Å². The number of carboxylic acid groups (broad SMARTS) is 1. The molecule has 8 nitrogen and oxygen atoms in total. The molecule has 0 saturated carbocycles. The molecule has 0 spiro atoms. The molecule has 29 heavy (non-hydrogen) atoms. The molecule has 1 aromatic heterocycles. The predicted octanol–water partition coefficient (Wildman–Crippen LogP) is 3.24. The molecular weight excluding hydrogens is 390 g/mol. The number of aromatic nitrogens is 4. The molecule has 1 amide bonds. The molecule has 0 aliphatic carbocycles. The van der Waals surface area contributed by atoms with Gasteiger partial charge < -0.3 is 10.4 Å². The predicted molar refractivity (Wildman–Crippen MR) is 109 cm³/mol. The number of tetrazole rings is 1. The van der Waals surface area contributed by atoms with Crippen LogP contribution in [-0.4, -0.2) is 42.9 Å². The summed E-state index contributed by atoms with van der Waals surface area (Å²) in [5.41, 5.74) is 1.51. The summed E-state index contributed by atoms with van der Waals surface area (Å²) >= 11 is 1.21. The Morgan fingerprint density at radius 3 is 2.55 bits per heavy atom. The van der Waals surface area contributed by atoms with Gasteiger partial charge in [-0.05, 0) is 46.1 Å². The highest BCUT2D eigenvalue weighted by Crippen LogP contribution is 2.25. The van der Waals surface area contributed by atoms with Crippen LogP contribution in [0.1, 0.15) is 10.4 Å². The monoisotopic (exact) mass is 405 g/mol. The minimum Gasteiger partial charge on any atom is -0.478 e. The van der Waals surface area contributed by atoms with E-state index < -0.39 is 5.97 Å². The van der Waals surface area contributed by atoms with Crippen molar-refractivity contribution in [2.75, 3.05) is 11.1 Å². The minimum absolute atomic E-state index is 0.103. The van der Waals surface area contributed by atoms with Crippen molar-refractivity contribution in [2.24, 2.45) is 0 Å². The Balaban J connectivity index is 1.47. The molecule has 1 heterocycles. The topological polar surface area (TPSA) is 110 Å². The SMILES string of the molecule is O=C(CSc1nnnn1-c1cccc2ccccc12)Nc1ccc(C(=O)O)cc1. The van der Waals surface area contributed by atoms with Gasteiger partial charge in [0.25, 0.3) is 0 Å². The fourth-order valence-electron chi connectivity index (χ4n) is 2.84. The summed E-state index contributed by atoms with van der Waals surface area (Å²) in [6, 6.07) is 19.8. The Morgan fingerprint density at radius 1 is 1.00 bits per heavy atom. The summed E-state index contributed by atoms with van der Waals surface area (Å²) in [5.74, 6) is -1.16. The number of anilines is 1. The van der Waals surface area contributed by atoms with Gasteiger partial charge in [0, 0.05) is 11.1 Å². The summed E-state index contributed by atoms with van der Waals surface area (Å²) in [6.07, 6.45) is 0. The van der Waals surface area contributed by atoms with Crippen molar-refractivity contribution in [2.45, 2.75) is 5.16 Å². The first kappa shape index (κ1) is 18.6. The number of amides is 1. The number of nitrogens with one attached hydrogen (secondary N) is 1. The van der Waals surface area contributed by atoms with E-state index in [1.165, 1.54) is 23.9 Å². The van der Waals surface area contributed by atoms with Gasteiger partial charge in [-0.15, -0.1) is 5.10 Å². The fourth-order valence-corrected chi connectivity index (χ4v) is 3.52. The molecule has 0 unspecified atom stereocenters. The third kappa shape index (κ3) is 4.09.